The first-order valence-electron chi connectivity index (χ1n) is 9.08. The maximum Gasteiger partial charge on any atom is 0.243 e. The van der Waals surface area contributed by atoms with E-state index in [1.165, 1.54) is 0 Å². The summed E-state index contributed by atoms with van der Waals surface area (Å²) < 4.78 is 1.52. The molecule has 1 saturated carbocycles. The number of benzene rings is 2. The predicted octanol–water partition coefficient (Wildman–Crippen LogP) is 4.16. The van der Waals surface area contributed by atoms with Crippen LogP contribution in [0.25, 0.3) is 11.4 Å². The van der Waals surface area contributed by atoms with Gasteiger partial charge < -0.3 is 9.47 Å². The number of thioether (sulfide) groups is 1. The van der Waals surface area contributed by atoms with Crippen molar-refractivity contribution < 1.29 is 4.79 Å². The number of aromatic nitrogens is 3. The van der Waals surface area contributed by atoms with Crippen LogP contribution >= 0.6 is 11.8 Å². The van der Waals surface area contributed by atoms with Gasteiger partial charge in [0.1, 0.15) is 4.75 Å². The average Bonchev–Trinajstić information content (AvgIpc) is 3.05. The molecule has 6 heteroatoms. The largest absolute Gasteiger partial charge is 0.314 e. The average molecular weight is 379 g/mol. The maximum absolute atomic E-state index is 13.3. The predicted molar refractivity (Wildman–Crippen MR) is 109 cm³/mol. The number of anilines is 1. The van der Waals surface area contributed by atoms with Crippen LogP contribution in [-0.2, 0) is 11.8 Å². The summed E-state index contributed by atoms with van der Waals surface area (Å²) in [6.45, 7) is 0. The number of carbonyl (C=O) groups is 1. The van der Waals surface area contributed by atoms with Crippen molar-refractivity contribution in [3.8, 4) is 11.4 Å². The van der Waals surface area contributed by atoms with Crippen LogP contribution in [0.3, 0.4) is 0 Å². The molecule has 5 nitrogen and oxygen atoms in total. The third-order valence-electron chi connectivity index (χ3n) is 5.15. The topological polar surface area (TPSA) is 51.0 Å². The molecule has 0 N–H and O–H groups in total. The third-order valence-corrected chi connectivity index (χ3v) is 6.66. The maximum atomic E-state index is 13.3. The van der Waals surface area contributed by atoms with E-state index in [0.717, 1.165) is 41.5 Å². The fourth-order valence-corrected chi connectivity index (χ4v) is 4.72. The smallest absolute Gasteiger partial charge is 0.243 e. The monoisotopic (exact) mass is 378 g/mol. The summed E-state index contributed by atoms with van der Waals surface area (Å²) >= 11 is 1.55. The molecule has 0 saturated heterocycles. The Hall–Kier alpha value is -2.60. The molecule has 27 heavy (non-hydrogen) atoms. The lowest BCUT2D eigenvalue weighted by atomic mass is 9.83. The van der Waals surface area contributed by atoms with Gasteiger partial charge in [-0.3, -0.25) is 4.79 Å². The van der Waals surface area contributed by atoms with Gasteiger partial charge in [-0.1, -0.05) is 60.3 Å². The number of carbonyl (C=O) groups excluding carboxylic acids is 1. The molecule has 2 aromatic carbocycles. The normalized spacial score (nSPS) is 15.2. The second kappa shape index (κ2) is 7.19. The van der Waals surface area contributed by atoms with Gasteiger partial charge in [-0.25, -0.2) is 0 Å². The second-order valence-electron chi connectivity index (χ2n) is 6.88. The quantitative estimate of drug-likeness (QED) is 0.669. The fraction of sp³-hybridized carbons (Fsp3) is 0.286. The van der Waals surface area contributed by atoms with E-state index in [2.05, 4.69) is 10.2 Å². The van der Waals surface area contributed by atoms with Crippen molar-refractivity contribution in [1.29, 1.82) is 0 Å². The van der Waals surface area contributed by atoms with Crippen LogP contribution in [0.4, 0.5) is 5.69 Å². The minimum atomic E-state index is -0.459. The van der Waals surface area contributed by atoms with E-state index < -0.39 is 4.75 Å². The van der Waals surface area contributed by atoms with Crippen molar-refractivity contribution in [2.24, 2.45) is 7.05 Å². The van der Waals surface area contributed by atoms with Gasteiger partial charge in [-0.2, -0.15) is 0 Å². The standard InChI is InChI=1S/C21H22N4OS/c1-24(17-12-7-4-8-13-17)19(26)21(14-9-15-21)27-20-23-22-18(25(20)2)16-10-5-3-6-11-16/h3-8,10-13H,9,14-15H2,1-2H3. The number of rotatable bonds is 5. The van der Waals surface area contributed by atoms with E-state index >= 15 is 0 Å². The molecule has 0 bridgehead atoms. The Balaban J connectivity index is 1.59. The molecule has 1 fully saturated rings. The van der Waals surface area contributed by atoms with Gasteiger partial charge in [-0.05, 0) is 31.4 Å². The highest BCUT2D eigenvalue weighted by Crippen LogP contribution is 2.48. The molecular formula is C21H22N4OS. The summed E-state index contributed by atoms with van der Waals surface area (Å²) in [4.78, 5) is 15.1. The minimum Gasteiger partial charge on any atom is -0.314 e. The summed E-state index contributed by atoms with van der Waals surface area (Å²) in [5.74, 6) is 0.950. The Bertz CT molecular complexity index is 935. The van der Waals surface area contributed by atoms with Crippen LogP contribution in [0.2, 0.25) is 0 Å². The van der Waals surface area contributed by atoms with Crippen LogP contribution in [0.5, 0.6) is 0 Å². The van der Waals surface area contributed by atoms with E-state index in [0.29, 0.717) is 0 Å². The Labute approximate surface area is 163 Å². The molecular weight excluding hydrogens is 356 g/mol. The van der Waals surface area contributed by atoms with Crippen molar-refractivity contribution >= 4 is 23.4 Å². The van der Waals surface area contributed by atoms with Gasteiger partial charge in [0.15, 0.2) is 11.0 Å². The van der Waals surface area contributed by atoms with E-state index in [-0.39, 0.29) is 5.91 Å². The van der Waals surface area contributed by atoms with Gasteiger partial charge in [0.2, 0.25) is 5.91 Å². The highest BCUT2D eigenvalue weighted by atomic mass is 32.2. The van der Waals surface area contributed by atoms with Crippen molar-refractivity contribution in [1.82, 2.24) is 14.8 Å². The zero-order valence-corrected chi connectivity index (χ0v) is 16.3. The molecule has 1 amide bonds. The van der Waals surface area contributed by atoms with Crippen LogP contribution in [0.1, 0.15) is 19.3 Å². The molecule has 0 atom stereocenters. The van der Waals surface area contributed by atoms with Crippen molar-refractivity contribution in [2.45, 2.75) is 29.2 Å². The van der Waals surface area contributed by atoms with E-state index in [1.54, 1.807) is 16.7 Å². The molecule has 0 radical (unpaired) electrons. The first-order chi connectivity index (χ1) is 13.1. The lowest BCUT2D eigenvalue weighted by Gasteiger charge is -2.41. The van der Waals surface area contributed by atoms with Crippen LogP contribution < -0.4 is 4.90 Å². The zero-order chi connectivity index (χ0) is 18.9. The Kier molecular flexibility index (Phi) is 4.74. The van der Waals surface area contributed by atoms with Crippen molar-refractivity contribution in [3.05, 3.63) is 60.7 Å². The molecule has 4 rings (SSSR count). The number of para-hydroxylation sites is 1. The Morgan fingerprint density at radius 1 is 1.04 bits per heavy atom. The molecule has 0 spiro atoms. The Morgan fingerprint density at radius 2 is 1.67 bits per heavy atom. The van der Waals surface area contributed by atoms with Gasteiger partial charge in [0.05, 0.1) is 0 Å². The first kappa shape index (κ1) is 17.8. The van der Waals surface area contributed by atoms with Gasteiger partial charge in [0, 0.05) is 25.3 Å². The lowest BCUT2D eigenvalue weighted by molar-refractivity contribution is -0.122. The molecule has 3 aromatic rings. The zero-order valence-electron chi connectivity index (χ0n) is 15.5. The lowest BCUT2D eigenvalue weighted by Crippen LogP contribution is -2.50. The summed E-state index contributed by atoms with van der Waals surface area (Å²) in [6.07, 6.45) is 2.78. The van der Waals surface area contributed by atoms with Gasteiger partial charge >= 0.3 is 0 Å². The first-order valence-corrected chi connectivity index (χ1v) is 9.89. The van der Waals surface area contributed by atoms with E-state index in [9.17, 15) is 4.79 Å². The van der Waals surface area contributed by atoms with E-state index in [1.807, 2.05) is 79.3 Å². The van der Waals surface area contributed by atoms with Gasteiger partial charge in [0.25, 0.3) is 0 Å². The molecule has 138 valence electrons. The molecule has 1 aliphatic carbocycles. The summed E-state index contributed by atoms with van der Waals surface area (Å²) in [7, 11) is 3.81. The molecule has 0 aliphatic heterocycles. The SMILES string of the molecule is CN(C(=O)C1(Sc2nnc(-c3ccccc3)n2C)CCC1)c1ccccc1. The number of nitrogens with zero attached hydrogens (tertiary/aromatic N) is 4. The van der Waals surface area contributed by atoms with Crippen molar-refractivity contribution in [2.75, 3.05) is 11.9 Å². The van der Waals surface area contributed by atoms with Gasteiger partial charge in [-0.15, -0.1) is 10.2 Å². The van der Waals surface area contributed by atoms with E-state index in [4.69, 9.17) is 0 Å². The molecule has 1 aromatic heterocycles. The molecule has 1 aliphatic rings. The fourth-order valence-electron chi connectivity index (χ4n) is 3.35. The highest BCUT2D eigenvalue weighted by Gasteiger charge is 2.48. The molecule has 0 unspecified atom stereocenters. The van der Waals surface area contributed by atoms with Crippen LogP contribution in [-0.4, -0.2) is 32.5 Å². The number of hydrogen-bond acceptors (Lipinski definition) is 4. The van der Waals surface area contributed by atoms with Crippen LogP contribution in [0, 0.1) is 0 Å². The second-order valence-corrected chi connectivity index (χ2v) is 8.23. The minimum absolute atomic E-state index is 0.134. The van der Waals surface area contributed by atoms with Crippen LogP contribution in [0.15, 0.2) is 65.8 Å². The summed E-state index contributed by atoms with van der Waals surface area (Å²) in [5.41, 5.74) is 1.94. The highest BCUT2D eigenvalue weighted by molar-refractivity contribution is 8.01. The Morgan fingerprint density at radius 3 is 2.26 bits per heavy atom. The number of amides is 1. The van der Waals surface area contributed by atoms with Crippen molar-refractivity contribution in [3.63, 3.8) is 0 Å². The number of hydrogen-bond donors (Lipinski definition) is 0. The summed E-state index contributed by atoms with van der Waals surface area (Å²) in [5, 5.41) is 9.52. The summed E-state index contributed by atoms with van der Waals surface area (Å²) in [6, 6.07) is 19.8. The third kappa shape index (κ3) is 3.25. The molecule has 1 heterocycles.